The Morgan fingerprint density at radius 3 is 2.08 bits per heavy atom. The third kappa shape index (κ3) is 2.95. The van der Waals surface area contributed by atoms with Gasteiger partial charge in [-0.15, -0.1) is 0 Å². The average molecular weight is 325 g/mol. The number of ether oxygens (including phenoxy) is 1. The highest BCUT2D eigenvalue weighted by molar-refractivity contribution is 5.79. The van der Waals surface area contributed by atoms with Gasteiger partial charge < -0.3 is 15.6 Å². The Hall–Kier alpha value is -2.17. The Bertz CT molecular complexity index is 696. The van der Waals surface area contributed by atoms with Gasteiger partial charge >= 0.3 is 5.97 Å². The number of fused-ring (bicyclic) bond motifs is 3. The second-order valence-corrected chi connectivity index (χ2v) is 6.62. The van der Waals surface area contributed by atoms with Gasteiger partial charge in [0.2, 0.25) is 0 Å². The van der Waals surface area contributed by atoms with Crippen LogP contribution in [0, 0.1) is 5.92 Å². The molecule has 2 aromatic carbocycles. The Morgan fingerprint density at radius 2 is 1.58 bits per heavy atom. The minimum absolute atomic E-state index is 0.000447. The fourth-order valence-electron chi connectivity index (χ4n) is 3.21. The molecule has 1 unspecified atom stereocenters. The van der Waals surface area contributed by atoms with E-state index in [-0.39, 0.29) is 18.4 Å². The number of esters is 1. The van der Waals surface area contributed by atoms with E-state index in [9.17, 15) is 9.90 Å². The van der Waals surface area contributed by atoms with Gasteiger partial charge in [-0.1, -0.05) is 62.4 Å². The van der Waals surface area contributed by atoms with E-state index in [1.165, 1.54) is 11.1 Å². The highest BCUT2D eigenvalue weighted by Crippen LogP contribution is 2.44. The van der Waals surface area contributed by atoms with Crippen molar-refractivity contribution in [2.75, 3.05) is 6.61 Å². The van der Waals surface area contributed by atoms with Crippen molar-refractivity contribution in [3.63, 3.8) is 0 Å². The van der Waals surface area contributed by atoms with E-state index in [0.717, 1.165) is 11.1 Å². The lowest BCUT2D eigenvalue weighted by atomic mass is 9.97. The molecule has 0 amide bonds. The predicted molar refractivity (Wildman–Crippen MR) is 93.5 cm³/mol. The van der Waals surface area contributed by atoms with Crippen LogP contribution in [-0.2, 0) is 9.53 Å². The number of aliphatic hydroxyl groups is 1. The number of aliphatic hydroxyl groups excluding tert-OH is 1. The summed E-state index contributed by atoms with van der Waals surface area (Å²) in [4.78, 5) is 12.1. The Morgan fingerprint density at radius 1 is 1.08 bits per heavy atom. The maximum absolute atomic E-state index is 12.1. The van der Waals surface area contributed by atoms with Gasteiger partial charge in [0, 0.05) is 12.0 Å². The molecule has 2 aromatic rings. The number of carbonyl (C=O) groups excluding carboxylic acids is 1. The fourth-order valence-corrected chi connectivity index (χ4v) is 3.21. The smallest absolute Gasteiger partial charge is 0.336 e. The average Bonchev–Trinajstić information content (AvgIpc) is 2.92. The maximum Gasteiger partial charge on any atom is 0.336 e. The van der Waals surface area contributed by atoms with Crippen LogP contribution < -0.4 is 5.73 Å². The van der Waals surface area contributed by atoms with Gasteiger partial charge in [0.05, 0.1) is 0 Å². The third-order valence-corrected chi connectivity index (χ3v) is 4.73. The molecule has 24 heavy (non-hydrogen) atoms. The van der Waals surface area contributed by atoms with Gasteiger partial charge in [-0.05, 0) is 28.2 Å². The first-order chi connectivity index (χ1) is 11.5. The lowest BCUT2D eigenvalue weighted by Crippen LogP contribution is -2.45. The SMILES string of the molecule is CC(C)C(N)[C@H](O)C(=O)OCC1c2ccccc2-c2ccccc21. The van der Waals surface area contributed by atoms with Gasteiger partial charge in [-0.3, -0.25) is 0 Å². The second kappa shape index (κ2) is 6.75. The maximum atomic E-state index is 12.1. The molecule has 0 fully saturated rings. The van der Waals surface area contributed by atoms with Crippen molar-refractivity contribution < 1.29 is 14.6 Å². The van der Waals surface area contributed by atoms with Gasteiger partial charge in [-0.2, -0.15) is 0 Å². The summed E-state index contributed by atoms with van der Waals surface area (Å²) >= 11 is 0. The van der Waals surface area contributed by atoms with Crippen LogP contribution in [0.1, 0.15) is 30.9 Å². The van der Waals surface area contributed by atoms with Crippen molar-refractivity contribution in [2.24, 2.45) is 11.7 Å². The van der Waals surface area contributed by atoms with E-state index in [1.54, 1.807) is 0 Å². The fraction of sp³-hybridized carbons (Fsp3) is 0.350. The summed E-state index contributed by atoms with van der Waals surface area (Å²) in [6.45, 7) is 3.93. The summed E-state index contributed by atoms with van der Waals surface area (Å²) in [5, 5.41) is 10.0. The number of rotatable bonds is 5. The number of hydrogen-bond donors (Lipinski definition) is 2. The Labute approximate surface area is 142 Å². The molecule has 2 atom stereocenters. The molecule has 1 aliphatic rings. The van der Waals surface area contributed by atoms with Gasteiger partial charge in [-0.25, -0.2) is 4.79 Å². The van der Waals surface area contributed by atoms with Gasteiger partial charge in [0.1, 0.15) is 6.61 Å². The van der Waals surface area contributed by atoms with Crippen LogP contribution in [0.3, 0.4) is 0 Å². The van der Waals surface area contributed by atoms with Crippen molar-refractivity contribution in [2.45, 2.75) is 31.9 Å². The molecule has 0 saturated carbocycles. The molecule has 0 heterocycles. The number of nitrogens with two attached hydrogens (primary N) is 1. The number of hydrogen-bond acceptors (Lipinski definition) is 4. The minimum atomic E-state index is -1.29. The molecule has 3 rings (SSSR count). The largest absolute Gasteiger partial charge is 0.463 e. The van der Waals surface area contributed by atoms with Crippen molar-refractivity contribution in [1.82, 2.24) is 0 Å². The molecule has 0 bridgehead atoms. The topological polar surface area (TPSA) is 72.5 Å². The monoisotopic (exact) mass is 325 g/mol. The van der Waals surface area contributed by atoms with Crippen LogP contribution in [-0.4, -0.2) is 29.8 Å². The van der Waals surface area contributed by atoms with Gasteiger partial charge in [0.15, 0.2) is 6.10 Å². The predicted octanol–water partition coefficient (Wildman–Crippen LogP) is 2.69. The van der Waals surface area contributed by atoms with Crippen LogP contribution in [0.2, 0.25) is 0 Å². The number of carbonyl (C=O) groups is 1. The number of benzene rings is 2. The molecule has 4 nitrogen and oxygen atoms in total. The van der Waals surface area contributed by atoms with E-state index in [0.29, 0.717) is 0 Å². The van der Waals surface area contributed by atoms with Crippen LogP contribution in [0.5, 0.6) is 0 Å². The molecular weight excluding hydrogens is 302 g/mol. The van der Waals surface area contributed by atoms with E-state index in [2.05, 4.69) is 24.3 Å². The molecule has 126 valence electrons. The van der Waals surface area contributed by atoms with Crippen LogP contribution in [0.25, 0.3) is 11.1 Å². The molecule has 0 spiro atoms. The molecule has 3 N–H and O–H groups in total. The third-order valence-electron chi connectivity index (χ3n) is 4.73. The lowest BCUT2D eigenvalue weighted by Gasteiger charge is -2.22. The molecule has 0 aromatic heterocycles. The molecule has 0 saturated heterocycles. The molecule has 4 heteroatoms. The van der Waals surface area contributed by atoms with Crippen molar-refractivity contribution in [3.8, 4) is 11.1 Å². The summed E-state index contributed by atoms with van der Waals surface area (Å²) in [5.74, 6) is -0.664. The standard InChI is InChI=1S/C20H23NO3/c1-12(2)18(21)19(22)20(23)24-11-17-15-9-5-3-7-13(15)14-8-4-6-10-16(14)17/h3-10,12,17-19,22H,11,21H2,1-2H3/t18?,19-/m0/s1. The highest BCUT2D eigenvalue weighted by Gasteiger charge is 2.31. The minimum Gasteiger partial charge on any atom is -0.463 e. The summed E-state index contributed by atoms with van der Waals surface area (Å²) in [7, 11) is 0. The first kappa shape index (κ1) is 16.7. The van der Waals surface area contributed by atoms with Crippen molar-refractivity contribution in [3.05, 3.63) is 59.7 Å². The zero-order chi connectivity index (χ0) is 17.3. The zero-order valence-corrected chi connectivity index (χ0v) is 14.0. The van der Waals surface area contributed by atoms with Crippen molar-refractivity contribution in [1.29, 1.82) is 0 Å². The summed E-state index contributed by atoms with van der Waals surface area (Å²) in [6.07, 6.45) is -1.29. The molecule has 0 aliphatic heterocycles. The van der Waals surface area contributed by atoms with Crippen molar-refractivity contribution >= 4 is 5.97 Å². The Balaban J connectivity index is 1.77. The van der Waals surface area contributed by atoms with Crippen LogP contribution in [0.4, 0.5) is 0 Å². The van der Waals surface area contributed by atoms with Gasteiger partial charge in [0.25, 0.3) is 0 Å². The Kier molecular flexibility index (Phi) is 4.69. The van der Waals surface area contributed by atoms with E-state index >= 15 is 0 Å². The first-order valence-corrected chi connectivity index (χ1v) is 8.29. The molecule has 1 aliphatic carbocycles. The molecular formula is C20H23NO3. The normalized spacial score (nSPS) is 15.7. The summed E-state index contributed by atoms with van der Waals surface area (Å²) < 4.78 is 5.40. The quantitative estimate of drug-likeness (QED) is 0.829. The van der Waals surface area contributed by atoms with E-state index in [4.69, 9.17) is 10.5 Å². The van der Waals surface area contributed by atoms with E-state index in [1.807, 2.05) is 38.1 Å². The highest BCUT2D eigenvalue weighted by atomic mass is 16.5. The van der Waals surface area contributed by atoms with Crippen LogP contribution in [0.15, 0.2) is 48.5 Å². The second-order valence-electron chi connectivity index (χ2n) is 6.62. The van der Waals surface area contributed by atoms with Crippen LogP contribution >= 0.6 is 0 Å². The van der Waals surface area contributed by atoms with E-state index < -0.39 is 18.1 Å². The summed E-state index contributed by atoms with van der Waals surface area (Å²) in [5.41, 5.74) is 10.5. The lowest BCUT2D eigenvalue weighted by molar-refractivity contribution is -0.155. The first-order valence-electron chi connectivity index (χ1n) is 8.29. The molecule has 0 radical (unpaired) electrons. The zero-order valence-electron chi connectivity index (χ0n) is 14.0. The summed E-state index contributed by atoms with van der Waals surface area (Å²) in [6, 6.07) is 15.7.